The molecule has 0 spiro atoms. The van der Waals surface area contributed by atoms with Gasteiger partial charge in [-0.1, -0.05) is 6.07 Å². The van der Waals surface area contributed by atoms with Gasteiger partial charge in [0.1, 0.15) is 20.2 Å². The lowest BCUT2D eigenvalue weighted by atomic mass is 9.95. The first-order chi connectivity index (χ1) is 13.4. The van der Waals surface area contributed by atoms with E-state index in [4.69, 9.17) is 20.0 Å². The van der Waals surface area contributed by atoms with E-state index in [2.05, 4.69) is 10.2 Å². The molecule has 1 aromatic heterocycles. The van der Waals surface area contributed by atoms with Crippen molar-refractivity contribution in [3.05, 3.63) is 63.6 Å². The highest BCUT2D eigenvalue weighted by Gasteiger charge is 2.17. The van der Waals surface area contributed by atoms with E-state index in [1.54, 1.807) is 7.85 Å². The van der Waals surface area contributed by atoms with E-state index < -0.39 is 11.5 Å². The Kier molecular flexibility index (Phi) is 5.14. The molecule has 3 rings (SSSR count). The summed E-state index contributed by atoms with van der Waals surface area (Å²) in [4.78, 5) is 11.4. The molecule has 0 atom stereocenters. The van der Waals surface area contributed by atoms with Crippen molar-refractivity contribution in [1.82, 2.24) is 14.8 Å². The van der Waals surface area contributed by atoms with Gasteiger partial charge in [0.05, 0.1) is 23.3 Å². The summed E-state index contributed by atoms with van der Waals surface area (Å²) in [6, 6.07) is 11.1. The molecule has 28 heavy (non-hydrogen) atoms. The zero-order chi connectivity index (χ0) is 20.3. The van der Waals surface area contributed by atoms with Crippen molar-refractivity contribution < 1.29 is 13.9 Å². The standard InChI is InChI=1S/C18H13BFN5O3/c1-25-15(23-24-18(25)26)9-27-14-3-2-13(19)16(20)17(14)28-12-5-10(7-21)4-11(6-12)8-22/h2-6H,9,19H2,1H3,(H,24,26). The molecule has 0 saturated heterocycles. The van der Waals surface area contributed by atoms with Crippen LogP contribution < -0.4 is 20.6 Å². The average Bonchev–Trinajstić information content (AvgIpc) is 3.02. The Hall–Kier alpha value is -4.05. The van der Waals surface area contributed by atoms with Gasteiger partial charge in [0, 0.05) is 7.05 Å². The lowest BCUT2D eigenvalue weighted by Gasteiger charge is -2.14. The quantitative estimate of drug-likeness (QED) is 0.652. The number of rotatable bonds is 5. The van der Waals surface area contributed by atoms with Gasteiger partial charge in [-0.3, -0.25) is 4.57 Å². The van der Waals surface area contributed by atoms with Gasteiger partial charge >= 0.3 is 5.69 Å². The van der Waals surface area contributed by atoms with Crippen LogP contribution in [0.3, 0.4) is 0 Å². The summed E-state index contributed by atoms with van der Waals surface area (Å²) in [5, 5.41) is 24.3. The molecule has 0 aliphatic rings. The number of ether oxygens (including phenoxy) is 2. The number of aromatic nitrogens is 3. The lowest BCUT2D eigenvalue weighted by Crippen LogP contribution is -2.16. The first-order valence-electron chi connectivity index (χ1n) is 8.08. The second-order valence-corrected chi connectivity index (χ2v) is 5.89. The van der Waals surface area contributed by atoms with Crippen LogP contribution in [0.1, 0.15) is 17.0 Å². The van der Waals surface area contributed by atoms with Gasteiger partial charge in [0.15, 0.2) is 17.4 Å². The largest absolute Gasteiger partial charge is 0.482 e. The molecule has 10 heteroatoms. The molecule has 0 aliphatic heterocycles. The zero-order valence-electron chi connectivity index (χ0n) is 15.0. The van der Waals surface area contributed by atoms with Crippen LogP contribution in [-0.2, 0) is 13.7 Å². The van der Waals surface area contributed by atoms with Gasteiger partial charge in [-0.2, -0.15) is 15.6 Å². The Balaban J connectivity index is 1.95. The van der Waals surface area contributed by atoms with Crippen LogP contribution in [0.4, 0.5) is 4.39 Å². The molecule has 1 N–H and O–H groups in total. The summed E-state index contributed by atoms with van der Waals surface area (Å²) in [5.74, 6) is -0.319. The molecule has 0 aliphatic carbocycles. The van der Waals surface area contributed by atoms with Crippen LogP contribution in [0.5, 0.6) is 17.2 Å². The van der Waals surface area contributed by atoms with E-state index in [1.165, 1.54) is 41.9 Å². The van der Waals surface area contributed by atoms with Crippen molar-refractivity contribution in [3.63, 3.8) is 0 Å². The third-order valence-electron chi connectivity index (χ3n) is 3.97. The van der Waals surface area contributed by atoms with Crippen LogP contribution in [0.25, 0.3) is 0 Å². The Morgan fingerprint density at radius 2 is 1.93 bits per heavy atom. The van der Waals surface area contributed by atoms with Crippen molar-refractivity contribution in [2.24, 2.45) is 7.05 Å². The summed E-state index contributed by atoms with van der Waals surface area (Å²) < 4.78 is 27.2. The van der Waals surface area contributed by atoms with E-state index in [0.717, 1.165) is 0 Å². The van der Waals surface area contributed by atoms with Crippen LogP contribution in [0, 0.1) is 28.5 Å². The minimum absolute atomic E-state index is 0.0828. The molecular weight excluding hydrogens is 364 g/mol. The van der Waals surface area contributed by atoms with Gasteiger partial charge in [-0.15, -0.1) is 0 Å². The first-order valence-corrected chi connectivity index (χ1v) is 8.08. The van der Waals surface area contributed by atoms with Crippen molar-refractivity contribution in [2.45, 2.75) is 6.61 Å². The van der Waals surface area contributed by atoms with Crippen LogP contribution in [0.2, 0.25) is 0 Å². The van der Waals surface area contributed by atoms with E-state index in [1.807, 2.05) is 12.1 Å². The second-order valence-electron chi connectivity index (χ2n) is 5.89. The van der Waals surface area contributed by atoms with Gasteiger partial charge in [0.2, 0.25) is 5.75 Å². The average molecular weight is 377 g/mol. The van der Waals surface area contributed by atoms with E-state index in [0.29, 0.717) is 11.3 Å². The summed E-state index contributed by atoms with van der Waals surface area (Å²) in [6.07, 6.45) is 0. The SMILES string of the molecule is Bc1ccc(OCc2n[nH]c(=O)n2C)c(Oc2cc(C#N)cc(C#N)c2)c1F. The lowest BCUT2D eigenvalue weighted by molar-refractivity contribution is 0.274. The maximum atomic E-state index is 14.7. The molecule has 0 saturated carbocycles. The number of halogens is 1. The molecule has 3 aromatic rings. The molecule has 0 unspecified atom stereocenters. The Morgan fingerprint density at radius 1 is 1.25 bits per heavy atom. The molecule has 0 radical (unpaired) electrons. The fraction of sp³-hybridized carbons (Fsp3) is 0.111. The zero-order valence-corrected chi connectivity index (χ0v) is 15.0. The fourth-order valence-corrected chi connectivity index (χ4v) is 2.40. The molecular formula is C18H13BFN5O3. The third kappa shape index (κ3) is 3.71. The number of nitrogens with zero attached hydrogens (tertiary/aromatic N) is 4. The summed E-state index contributed by atoms with van der Waals surface area (Å²) in [5.41, 5.74) is 0.334. The predicted molar refractivity (Wildman–Crippen MR) is 98.7 cm³/mol. The van der Waals surface area contributed by atoms with Gasteiger partial charge in [0.25, 0.3) is 0 Å². The van der Waals surface area contributed by atoms with E-state index in [9.17, 15) is 9.18 Å². The van der Waals surface area contributed by atoms with Gasteiger partial charge in [-0.25, -0.2) is 14.3 Å². The Labute approximate surface area is 159 Å². The molecule has 2 aromatic carbocycles. The highest BCUT2D eigenvalue weighted by molar-refractivity contribution is 6.32. The highest BCUT2D eigenvalue weighted by Crippen LogP contribution is 2.34. The van der Waals surface area contributed by atoms with E-state index in [-0.39, 0.29) is 35.0 Å². The number of nitrogens with one attached hydrogen (secondary N) is 1. The maximum Gasteiger partial charge on any atom is 0.343 e. The summed E-state index contributed by atoms with van der Waals surface area (Å²) in [7, 11) is 3.09. The normalized spacial score (nSPS) is 10.1. The highest BCUT2D eigenvalue weighted by atomic mass is 19.1. The molecule has 138 valence electrons. The second kappa shape index (κ2) is 7.68. The monoisotopic (exact) mass is 377 g/mol. The molecule has 1 heterocycles. The minimum atomic E-state index is -0.644. The van der Waals surface area contributed by atoms with Gasteiger partial charge < -0.3 is 9.47 Å². The van der Waals surface area contributed by atoms with Crippen molar-refractivity contribution in [1.29, 1.82) is 10.5 Å². The number of benzene rings is 2. The van der Waals surface area contributed by atoms with E-state index >= 15 is 0 Å². The van der Waals surface area contributed by atoms with Crippen molar-refractivity contribution >= 4 is 13.3 Å². The number of hydrogen-bond donors (Lipinski definition) is 1. The minimum Gasteiger partial charge on any atom is -0.482 e. The number of hydrogen-bond acceptors (Lipinski definition) is 6. The predicted octanol–water partition coefficient (Wildman–Crippen LogP) is 0.621. The fourth-order valence-electron chi connectivity index (χ4n) is 2.40. The smallest absolute Gasteiger partial charge is 0.343 e. The Morgan fingerprint density at radius 3 is 2.50 bits per heavy atom. The van der Waals surface area contributed by atoms with Crippen LogP contribution in [-0.4, -0.2) is 22.6 Å². The molecule has 8 nitrogen and oxygen atoms in total. The third-order valence-corrected chi connectivity index (χ3v) is 3.97. The summed E-state index contributed by atoms with van der Waals surface area (Å²) >= 11 is 0. The molecule has 0 fully saturated rings. The Bertz CT molecular complexity index is 1160. The molecule has 0 bridgehead atoms. The summed E-state index contributed by atoms with van der Waals surface area (Å²) in [6.45, 7) is -0.101. The number of nitriles is 2. The number of aromatic amines is 1. The first kappa shape index (κ1) is 18.7. The molecule has 0 amide bonds. The maximum absolute atomic E-state index is 14.7. The van der Waals surface area contributed by atoms with Gasteiger partial charge in [-0.05, 0) is 29.7 Å². The van der Waals surface area contributed by atoms with Crippen molar-refractivity contribution in [2.75, 3.05) is 0 Å². The van der Waals surface area contributed by atoms with Crippen LogP contribution >= 0.6 is 0 Å². The van der Waals surface area contributed by atoms with Crippen molar-refractivity contribution in [3.8, 4) is 29.4 Å². The topological polar surface area (TPSA) is 117 Å². The van der Waals surface area contributed by atoms with Crippen LogP contribution in [0.15, 0.2) is 35.1 Å². The number of H-pyrrole nitrogens is 1.